The zero-order valence-electron chi connectivity index (χ0n) is 12.3. The summed E-state index contributed by atoms with van der Waals surface area (Å²) in [4.78, 5) is 15.8. The summed E-state index contributed by atoms with van der Waals surface area (Å²) in [6.07, 6.45) is 4.19. The van der Waals surface area contributed by atoms with Crippen molar-refractivity contribution in [3.05, 3.63) is 24.5 Å². The van der Waals surface area contributed by atoms with E-state index in [1.54, 1.807) is 24.5 Å². The Morgan fingerprint density at radius 3 is 2.71 bits per heavy atom. The molecule has 2 rings (SSSR count). The van der Waals surface area contributed by atoms with Crippen molar-refractivity contribution in [3.63, 3.8) is 0 Å². The van der Waals surface area contributed by atoms with E-state index in [2.05, 4.69) is 20.5 Å². The molecule has 0 aliphatic carbocycles. The number of nitrogens with zero attached hydrogens (tertiary/aromatic N) is 3. The topological polar surface area (TPSA) is 80.9 Å². The zero-order chi connectivity index (χ0) is 15.3. The van der Waals surface area contributed by atoms with Crippen molar-refractivity contribution < 1.29 is 9.21 Å². The molecule has 2 heterocycles. The van der Waals surface area contributed by atoms with Crippen LogP contribution in [0, 0.1) is 0 Å². The molecule has 2 aromatic rings. The van der Waals surface area contributed by atoms with Gasteiger partial charge in [0.25, 0.3) is 5.22 Å². The second-order valence-corrected chi connectivity index (χ2v) is 6.11. The van der Waals surface area contributed by atoms with Crippen LogP contribution in [0.2, 0.25) is 0 Å². The number of hydrogen-bond acceptors (Lipinski definition) is 6. The number of carbonyl (C=O) groups excluding carboxylic acids is 1. The van der Waals surface area contributed by atoms with Gasteiger partial charge in [-0.2, -0.15) is 0 Å². The van der Waals surface area contributed by atoms with Crippen LogP contribution in [0.4, 0.5) is 0 Å². The molecule has 7 heteroatoms. The maximum atomic E-state index is 11.8. The van der Waals surface area contributed by atoms with Gasteiger partial charge >= 0.3 is 0 Å². The van der Waals surface area contributed by atoms with Crippen molar-refractivity contribution in [2.45, 2.75) is 38.0 Å². The van der Waals surface area contributed by atoms with Crippen molar-refractivity contribution >= 4 is 17.7 Å². The van der Waals surface area contributed by atoms with Gasteiger partial charge in [-0.05, 0) is 32.4 Å². The van der Waals surface area contributed by atoms with E-state index in [9.17, 15) is 4.79 Å². The van der Waals surface area contributed by atoms with E-state index in [1.165, 1.54) is 11.8 Å². The summed E-state index contributed by atoms with van der Waals surface area (Å²) in [5, 5.41) is 11.2. The van der Waals surface area contributed by atoms with Gasteiger partial charge < -0.3 is 9.73 Å². The van der Waals surface area contributed by atoms with E-state index >= 15 is 0 Å². The molecule has 0 radical (unpaired) electrons. The Hall–Kier alpha value is -1.89. The first kappa shape index (κ1) is 15.5. The third-order valence-electron chi connectivity index (χ3n) is 3.02. The van der Waals surface area contributed by atoms with Crippen molar-refractivity contribution in [2.75, 3.05) is 5.75 Å². The number of amides is 1. The molecule has 0 saturated heterocycles. The van der Waals surface area contributed by atoms with Gasteiger partial charge in [0, 0.05) is 23.5 Å². The highest BCUT2D eigenvalue weighted by atomic mass is 32.2. The summed E-state index contributed by atoms with van der Waals surface area (Å²) in [6.45, 7) is 6.01. The fourth-order valence-corrected chi connectivity index (χ4v) is 2.07. The highest BCUT2D eigenvalue weighted by Crippen LogP contribution is 2.22. The molecule has 0 aliphatic rings. The van der Waals surface area contributed by atoms with Crippen LogP contribution in [0.15, 0.2) is 34.2 Å². The van der Waals surface area contributed by atoms with Gasteiger partial charge in [0.1, 0.15) is 0 Å². The first-order valence-corrected chi connectivity index (χ1v) is 7.66. The van der Waals surface area contributed by atoms with E-state index in [4.69, 9.17) is 4.42 Å². The minimum absolute atomic E-state index is 0.0458. The average molecular weight is 306 g/mol. The van der Waals surface area contributed by atoms with Crippen LogP contribution in [0.3, 0.4) is 0 Å². The Morgan fingerprint density at radius 2 is 2.05 bits per heavy atom. The van der Waals surface area contributed by atoms with Crippen molar-refractivity contribution in [2.24, 2.45) is 0 Å². The van der Waals surface area contributed by atoms with Crippen molar-refractivity contribution in [1.82, 2.24) is 20.5 Å². The van der Waals surface area contributed by atoms with Crippen LogP contribution in [0.1, 0.15) is 27.2 Å². The summed E-state index contributed by atoms with van der Waals surface area (Å²) in [7, 11) is 0. The first-order valence-electron chi connectivity index (χ1n) is 6.68. The maximum absolute atomic E-state index is 11.8. The number of rotatable bonds is 6. The molecule has 1 N–H and O–H groups in total. The Morgan fingerprint density at radius 1 is 1.33 bits per heavy atom. The van der Waals surface area contributed by atoms with Crippen LogP contribution in [0.25, 0.3) is 11.5 Å². The Bertz CT molecular complexity index is 598. The number of pyridine rings is 1. The van der Waals surface area contributed by atoms with E-state index in [-0.39, 0.29) is 17.2 Å². The normalized spacial score (nSPS) is 11.4. The number of nitrogens with one attached hydrogen (secondary N) is 1. The molecule has 0 aromatic carbocycles. The van der Waals surface area contributed by atoms with Gasteiger partial charge in [-0.25, -0.2) is 0 Å². The second-order valence-electron chi connectivity index (χ2n) is 5.18. The van der Waals surface area contributed by atoms with Gasteiger partial charge in [0.2, 0.25) is 11.8 Å². The summed E-state index contributed by atoms with van der Waals surface area (Å²) < 4.78 is 5.51. The van der Waals surface area contributed by atoms with Crippen molar-refractivity contribution in [3.8, 4) is 11.5 Å². The molecular formula is C14H18N4O2S. The first-order chi connectivity index (χ1) is 10.00. The Labute approximate surface area is 127 Å². The minimum Gasteiger partial charge on any atom is -0.411 e. The molecule has 0 saturated carbocycles. The molecule has 0 aliphatic heterocycles. The molecule has 1 amide bonds. The van der Waals surface area contributed by atoms with Gasteiger partial charge in [0.15, 0.2) is 0 Å². The predicted molar refractivity (Wildman–Crippen MR) is 80.8 cm³/mol. The lowest BCUT2D eigenvalue weighted by molar-refractivity contribution is -0.120. The summed E-state index contributed by atoms with van der Waals surface area (Å²) >= 11 is 1.23. The minimum atomic E-state index is -0.200. The summed E-state index contributed by atoms with van der Waals surface area (Å²) in [6, 6.07) is 3.58. The van der Waals surface area contributed by atoms with E-state index in [0.717, 1.165) is 12.0 Å². The second kappa shape index (κ2) is 6.71. The average Bonchev–Trinajstić information content (AvgIpc) is 2.95. The number of hydrogen-bond donors (Lipinski definition) is 1. The highest BCUT2D eigenvalue weighted by Gasteiger charge is 2.18. The molecule has 0 bridgehead atoms. The molecule has 0 atom stereocenters. The van der Waals surface area contributed by atoms with Gasteiger partial charge in [-0.3, -0.25) is 9.78 Å². The fourth-order valence-electron chi connectivity index (χ4n) is 1.51. The summed E-state index contributed by atoms with van der Waals surface area (Å²) in [5.74, 6) is 0.631. The lowest BCUT2D eigenvalue weighted by atomic mass is 10.0. The number of aromatic nitrogens is 3. The van der Waals surface area contributed by atoms with Crippen LogP contribution in [0.5, 0.6) is 0 Å². The fraction of sp³-hybridized carbons (Fsp3) is 0.429. The summed E-state index contributed by atoms with van der Waals surface area (Å²) in [5.41, 5.74) is 0.607. The lowest BCUT2D eigenvalue weighted by Crippen LogP contribution is -2.43. The van der Waals surface area contributed by atoms with Crippen LogP contribution >= 0.6 is 11.8 Å². The zero-order valence-corrected chi connectivity index (χ0v) is 13.1. The molecular weight excluding hydrogens is 288 g/mol. The van der Waals surface area contributed by atoms with Crippen LogP contribution < -0.4 is 5.32 Å². The van der Waals surface area contributed by atoms with Crippen molar-refractivity contribution in [1.29, 1.82) is 0 Å². The van der Waals surface area contributed by atoms with Gasteiger partial charge in [-0.1, -0.05) is 18.7 Å². The third kappa shape index (κ3) is 4.56. The molecule has 0 spiro atoms. The van der Waals surface area contributed by atoms with Crippen LogP contribution in [-0.4, -0.2) is 32.4 Å². The van der Waals surface area contributed by atoms with E-state index in [1.807, 2.05) is 20.8 Å². The third-order valence-corrected chi connectivity index (χ3v) is 3.84. The smallest absolute Gasteiger partial charge is 0.277 e. The Kier molecular flexibility index (Phi) is 4.95. The molecule has 6 nitrogen and oxygen atoms in total. The number of carbonyl (C=O) groups is 1. The van der Waals surface area contributed by atoms with E-state index < -0.39 is 0 Å². The standard InChI is InChI=1S/C14H18N4O2S/c1-4-14(2,3)16-11(19)9-21-13-18-17-12(20-13)10-5-7-15-8-6-10/h5-8H,4,9H2,1-3H3,(H,16,19). The molecule has 2 aromatic heterocycles. The lowest BCUT2D eigenvalue weighted by Gasteiger charge is -2.24. The molecule has 21 heavy (non-hydrogen) atoms. The molecule has 0 unspecified atom stereocenters. The van der Waals surface area contributed by atoms with Gasteiger partial charge in [0.05, 0.1) is 5.75 Å². The molecule has 0 fully saturated rings. The van der Waals surface area contributed by atoms with E-state index in [0.29, 0.717) is 11.1 Å². The quantitative estimate of drug-likeness (QED) is 0.826. The van der Waals surface area contributed by atoms with Crippen LogP contribution in [-0.2, 0) is 4.79 Å². The predicted octanol–water partition coefficient (Wildman–Crippen LogP) is 2.53. The Balaban J connectivity index is 1.90. The largest absolute Gasteiger partial charge is 0.411 e. The number of thioether (sulfide) groups is 1. The molecule has 112 valence electrons. The monoisotopic (exact) mass is 306 g/mol. The highest BCUT2D eigenvalue weighted by molar-refractivity contribution is 7.99. The maximum Gasteiger partial charge on any atom is 0.277 e. The SMILES string of the molecule is CCC(C)(C)NC(=O)CSc1nnc(-c2ccncc2)o1. The van der Waals surface area contributed by atoms with Gasteiger partial charge in [-0.15, -0.1) is 10.2 Å².